The van der Waals surface area contributed by atoms with E-state index in [2.05, 4.69) is 21.1 Å². The van der Waals surface area contributed by atoms with Gasteiger partial charge in [-0.05, 0) is 48.0 Å². The lowest BCUT2D eigenvalue weighted by Gasteiger charge is -2.09. The molecule has 0 saturated carbocycles. The lowest BCUT2D eigenvalue weighted by atomic mass is 10.1. The number of fused-ring (bicyclic) bond motifs is 1. The lowest BCUT2D eigenvalue weighted by molar-refractivity contribution is 0.393. The Morgan fingerprint density at radius 2 is 2.05 bits per heavy atom. The van der Waals surface area contributed by atoms with Crippen LogP contribution >= 0.6 is 27.5 Å². The van der Waals surface area contributed by atoms with Crippen LogP contribution in [-0.2, 0) is 0 Å². The maximum atomic E-state index is 6.40. The van der Waals surface area contributed by atoms with E-state index in [1.165, 1.54) is 0 Å². The molecule has 3 aromatic rings. The highest BCUT2D eigenvalue weighted by Gasteiger charge is 2.17. The van der Waals surface area contributed by atoms with E-state index in [9.17, 15) is 0 Å². The van der Waals surface area contributed by atoms with Gasteiger partial charge in [0.25, 0.3) is 0 Å². The summed E-state index contributed by atoms with van der Waals surface area (Å²) in [6.07, 6.45) is 0. The topological polar surface area (TPSA) is 48.2 Å². The van der Waals surface area contributed by atoms with Gasteiger partial charge >= 0.3 is 0 Å². The summed E-state index contributed by atoms with van der Waals surface area (Å²) in [6.45, 7) is 3.74. The molecule has 0 amide bonds. The van der Waals surface area contributed by atoms with E-state index in [1.807, 2.05) is 32.0 Å². The summed E-state index contributed by atoms with van der Waals surface area (Å²) in [5.74, 6) is 1.43. The molecule has 0 fully saturated rings. The fourth-order valence-corrected chi connectivity index (χ4v) is 3.19. The van der Waals surface area contributed by atoms with Gasteiger partial charge in [0.1, 0.15) is 11.5 Å². The first kappa shape index (κ1) is 14.4. The van der Waals surface area contributed by atoms with Crippen molar-refractivity contribution in [3.05, 3.63) is 39.1 Å². The van der Waals surface area contributed by atoms with Crippen molar-refractivity contribution in [2.24, 2.45) is 0 Å². The quantitative estimate of drug-likeness (QED) is 0.644. The van der Waals surface area contributed by atoms with Crippen molar-refractivity contribution in [2.75, 3.05) is 7.11 Å². The number of rotatable bonds is 2. The van der Waals surface area contributed by atoms with Gasteiger partial charge in [-0.15, -0.1) is 0 Å². The maximum Gasteiger partial charge on any atom is 0.143 e. The highest BCUT2D eigenvalue weighted by molar-refractivity contribution is 9.10. The molecule has 21 heavy (non-hydrogen) atoms. The Morgan fingerprint density at radius 3 is 2.67 bits per heavy atom. The van der Waals surface area contributed by atoms with Gasteiger partial charge in [0.05, 0.1) is 39.1 Å². The van der Waals surface area contributed by atoms with Crippen LogP contribution < -0.4 is 4.74 Å². The molecule has 2 aromatic heterocycles. The van der Waals surface area contributed by atoms with Crippen LogP contribution in [0.2, 0.25) is 5.02 Å². The molecule has 6 heteroatoms. The Bertz CT molecular complexity index is 826. The number of benzene rings is 1. The number of hydrogen-bond acceptors (Lipinski definition) is 4. The third-order valence-corrected chi connectivity index (χ3v) is 4.42. The van der Waals surface area contributed by atoms with E-state index < -0.39 is 0 Å². The first-order valence-corrected chi connectivity index (χ1v) is 7.46. The number of hydrogen-bond donors (Lipinski definition) is 0. The largest absolute Gasteiger partial charge is 0.495 e. The predicted molar refractivity (Wildman–Crippen MR) is 86.0 cm³/mol. The van der Waals surface area contributed by atoms with Gasteiger partial charge in [0.2, 0.25) is 0 Å². The predicted octanol–water partition coefficient (Wildman–Crippen LogP) is 4.93. The van der Waals surface area contributed by atoms with Crippen LogP contribution in [0.4, 0.5) is 0 Å². The summed E-state index contributed by atoms with van der Waals surface area (Å²) >= 11 is 9.92. The van der Waals surface area contributed by atoms with Crippen molar-refractivity contribution < 1.29 is 9.26 Å². The van der Waals surface area contributed by atoms with Crippen molar-refractivity contribution in [3.63, 3.8) is 0 Å². The molecule has 0 saturated heterocycles. The first-order chi connectivity index (χ1) is 10.0. The molecule has 0 unspecified atom stereocenters. The minimum atomic E-state index is 0.623. The highest BCUT2D eigenvalue weighted by atomic mass is 79.9. The van der Waals surface area contributed by atoms with Crippen molar-refractivity contribution in [1.82, 2.24) is 10.1 Å². The molecule has 0 N–H and O–H groups in total. The Labute approximate surface area is 135 Å². The molecule has 0 aliphatic carbocycles. The molecule has 0 atom stereocenters. The van der Waals surface area contributed by atoms with E-state index >= 15 is 0 Å². The standard InChI is InChI=1S/C15H12BrClN2O2/c1-7-13(8(2)21-19-7)11-6-10(17)9-4-5-12(20-3)14(16)15(9)18-11/h4-6H,1-3H3. The van der Waals surface area contributed by atoms with E-state index in [-0.39, 0.29) is 0 Å². The molecule has 108 valence electrons. The van der Waals surface area contributed by atoms with Crippen molar-refractivity contribution in [3.8, 4) is 17.0 Å². The second-order valence-electron chi connectivity index (χ2n) is 4.67. The van der Waals surface area contributed by atoms with E-state index in [0.29, 0.717) is 10.8 Å². The Kier molecular flexibility index (Phi) is 3.63. The second kappa shape index (κ2) is 5.31. The lowest BCUT2D eigenvalue weighted by Crippen LogP contribution is -1.92. The van der Waals surface area contributed by atoms with Crippen LogP contribution in [0.5, 0.6) is 5.75 Å². The zero-order chi connectivity index (χ0) is 15.1. The van der Waals surface area contributed by atoms with Gasteiger partial charge in [-0.2, -0.15) is 0 Å². The van der Waals surface area contributed by atoms with Crippen LogP contribution in [0, 0.1) is 13.8 Å². The number of aryl methyl sites for hydroxylation is 2. The monoisotopic (exact) mass is 366 g/mol. The number of aromatic nitrogens is 2. The second-order valence-corrected chi connectivity index (χ2v) is 5.87. The molecule has 0 radical (unpaired) electrons. The first-order valence-electron chi connectivity index (χ1n) is 6.29. The molecular weight excluding hydrogens is 356 g/mol. The average molecular weight is 368 g/mol. The van der Waals surface area contributed by atoms with Gasteiger partial charge in [0, 0.05) is 5.39 Å². The van der Waals surface area contributed by atoms with Crippen molar-refractivity contribution >= 4 is 38.4 Å². The van der Waals surface area contributed by atoms with E-state index in [4.69, 9.17) is 25.8 Å². The Hall–Kier alpha value is -1.59. The minimum absolute atomic E-state index is 0.623. The average Bonchev–Trinajstić information content (AvgIpc) is 2.79. The van der Waals surface area contributed by atoms with Crippen LogP contribution in [0.1, 0.15) is 11.5 Å². The van der Waals surface area contributed by atoms with Gasteiger partial charge in [-0.3, -0.25) is 0 Å². The van der Waals surface area contributed by atoms with Gasteiger partial charge in [-0.1, -0.05) is 16.8 Å². The van der Waals surface area contributed by atoms with E-state index in [0.717, 1.165) is 38.1 Å². The van der Waals surface area contributed by atoms with Crippen LogP contribution in [0.3, 0.4) is 0 Å². The molecule has 3 rings (SSSR count). The molecule has 0 bridgehead atoms. The number of pyridine rings is 1. The van der Waals surface area contributed by atoms with Crippen LogP contribution in [0.25, 0.3) is 22.2 Å². The summed E-state index contributed by atoms with van der Waals surface area (Å²) in [4.78, 5) is 4.70. The summed E-state index contributed by atoms with van der Waals surface area (Å²) in [7, 11) is 1.62. The third kappa shape index (κ3) is 2.30. The molecule has 0 aliphatic rings. The SMILES string of the molecule is COc1ccc2c(Cl)cc(-c3c(C)noc3C)nc2c1Br. The third-order valence-electron chi connectivity index (χ3n) is 3.34. The summed E-state index contributed by atoms with van der Waals surface area (Å²) in [5.41, 5.74) is 3.14. The van der Waals surface area contributed by atoms with Crippen molar-refractivity contribution in [2.45, 2.75) is 13.8 Å². The number of halogens is 2. The van der Waals surface area contributed by atoms with Crippen molar-refractivity contribution in [1.29, 1.82) is 0 Å². The molecule has 0 aliphatic heterocycles. The Morgan fingerprint density at radius 1 is 1.29 bits per heavy atom. The summed E-state index contributed by atoms with van der Waals surface area (Å²) < 4.78 is 11.3. The number of ether oxygens (including phenoxy) is 1. The number of nitrogens with zero attached hydrogens (tertiary/aromatic N) is 2. The normalized spacial score (nSPS) is 11.1. The molecular formula is C15H12BrClN2O2. The van der Waals surface area contributed by atoms with Gasteiger partial charge < -0.3 is 9.26 Å². The zero-order valence-electron chi connectivity index (χ0n) is 11.7. The van der Waals surface area contributed by atoms with Crippen LogP contribution in [-0.4, -0.2) is 17.3 Å². The minimum Gasteiger partial charge on any atom is -0.495 e. The maximum absolute atomic E-state index is 6.40. The summed E-state index contributed by atoms with van der Waals surface area (Å²) in [6, 6.07) is 5.58. The molecule has 4 nitrogen and oxygen atoms in total. The van der Waals surface area contributed by atoms with Gasteiger partial charge in [-0.25, -0.2) is 4.98 Å². The van der Waals surface area contributed by atoms with Gasteiger partial charge in [0.15, 0.2) is 0 Å². The highest BCUT2D eigenvalue weighted by Crippen LogP contribution is 2.37. The van der Waals surface area contributed by atoms with E-state index in [1.54, 1.807) is 7.11 Å². The zero-order valence-corrected chi connectivity index (χ0v) is 14.0. The molecule has 2 heterocycles. The smallest absolute Gasteiger partial charge is 0.143 e. The summed E-state index contributed by atoms with van der Waals surface area (Å²) in [5, 5.41) is 5.45. The fraction of sp³-hybridized carbons (Fsp3) is 0.200. The van der Waals surface area contributed by atoms with Crippen LogP contribution in [0.15, 0.2) is 27.2 Å². The fourth-order valence-electron chi connectivity index (χ4n) is 2.33. The molecule has 0 spiro atoms. The Balaban J connectivity index is 2.34. The number of methoxy groups -OCH3 is 1. The molecule has 1 aromatic carbocycles.